The van der Waals surface area contributed by atoms with E-state index < -0.39 is 0 Å². The number of nitrogens with zero attached hydrogens (tertiary/aromatic N) is 2. The van der Waals surface area contributed by atoms with Crippen LogP contribution >= 0.6 is 15.9 Å². The Hall–Kier alpha value is -1.92. The van der Waals surface area contributed by atoms with Gasteiger partial charge in [0.15, 0.2) is 0 Å². The van der Waals surface area contributed by atoms with Crippen molar-refractivity contribution in [2.24, 2.45) is 5.92 Å². The third kappa shape index (κ3) is 4.08. The zero-order chi connectivity index (χ0) is 19.7. The maximum Gasteiger partial charge on any atom is 0.228 e. The number of nitrogens with one attached hydrogen (secondary N) is 1. The number of hydrogen-bond acceptors (Lipinski definition) is 4. The molecule has 1 amide bonds. The molecule has 0 spiro atoms. The van der Waals surface area contributed by atoms with Crippen molar-refractivity contribution >= 4 is 27.7 Å². The van der Waals surface area contributed by atoms with Crippen molar-refractivity contribution in [2.45, 2.75) is 44.7 Å². The van der Waals surface area contributed by atoms with E-state index >= 15 is 0 Å². The SMILES string of the molecule is COc1ccc([C@@H](C)N2CCCC2c2nc(NC(=O)C3CC3)ccc2Br)cc1. The average molecular weight is 444 g/mol. The zero-order valence-electron chi connectivity index (χ0n) is 16.3. The first kappa shape index (κ1) is 19.4. The summed E-state index contributed by atoms with van der Waals surface area (Å²) in [6, 6.07) is 12.7. The molecule has 2 heterocycles. The van der Waals surface area contributed by atoms with Crippen LogP contribution in [0.1, 0.15) is 55.9 Å². The maximum atomic E-state index is 12.1. The van der Waals surface area contributed by atoms with Crippen LogP contribution in [-0.4, -0.2) is 29.4 Å². The van der Waals surface area contributed by atoms with E-state index in [9.17, 15) is 4.79 Å². The van der Waals surface area contributed by atoms with Crippen molar-refractivity contribution in [3.05, 3.63) is 52.1 Å². The normalized spacial score (nSPS) is 20.8. The van der Waals surface area contributed by atoms with Crippen molar-refractivity contribution in [1.82, 2.24) is 9.88 Å². The summed E-state index contributed by atoms with van der Waals surface area (Å²) < 4.78 is 6.28. The van der Waals surface area contributed by atoms with Gasteiger partial charge in [0.1, 0.15) is 11.6 Å². The number of hydrogen-bond donors (Lipinski definition) is 1. The number of benzene rings is 1. The molecule has 1 N–H and O–H groups in total. The van der Waals surface area contributed by atoms with E-state index in [1.807, 2.05) is 24.3 Å². The summed E-state index contributed by atoms with van der Waals surface area (Å²) in [5, 5.41) is 2.98. The lowest BCUT2D eigenvalue weighted by molar-refractivity contribution is -0.117. The molecule has 1 aliphatic carbocycles. The number of halogens is 1. The van der Waals surface area contributed by atoms with Gasteiger partial charge < -0.3 is 10.1 Å². The monoisotopic (exact) mass is 443 g/mol. The number of amides is 1. The van der Waals surface area contributed by atoms with Gasteiger partial charge in [0.25, 0.3) is 0 Å². The van der Waals surface area contributed by atoms with E-state index in [1.54, 1.807) is 7.11 Å². The van der Waals surface area contributed by atoms with Crippen LogP contribution in [0.15, 0.2) is 40.9 Å². The largest absolute Gasteiger partial charge is 0.497 e. The highest BCUT2D eigenvalue weighted by atomic mass is 79.9. The number of carbonyl (C=O) groups is 1. The number of methoxy groups -OCH3 is 1. The maximum absolute atomic E-state index is 12.1. The van der Waals surface area contributed by atoms with Gasteiger partial charge in [-0.2, -0.15) is 0 Å². The number of aromatic nitrogens is 1. The van der Waals surface area contributed by atoms with Crippen LogP contribution in [0, 0.1) is 5.92 Å². The fourth-order valence-electron chi connectivity index (χ4n) is 3.96. The lowest BCUT2D eigenvalue weighted by Crippen LogP contribution is -2.27. The summed E-state index contributed by atoms with van der Waals surface area (Å²) in [7, 11) is 1.69. The number of pyridine rings is 1. The third-order valence-electron chi connectivity index (χ3n) is 5.78. The van der Waals surface area contributed by atoms with Crippen molar-refractivity contribution in [2.75, 3.05) is 19.0 Å². The Morgan fingerprint density at radius 3 is 2.64 bits per heavy atom. The van der Waals surface area contributed by atoms with Gasteiger partial charge in [-0.25, -0.2) is 4.98 Å². The summed E-state index contributed by atoms with van der Waals surface area (Å²) in [5.41, 5.74) is 2.27. The van der Waals surface area contributed by atoms with Gasteiger partial charge >= 0.3 is 0 Å². The fraction of sp³-hybridized carbons (Fsp3) is 0.455. The zero-order valence-corrected chi connectivity index (χ0v) is 17.9. The van der Waals surface area contributed by atoms with Gasteiger partial charge in [-0.15, -0.1) is 0 Å². The van der Waals surface area contributed by atoms with Crippen molar-refractivity contribution in [1.29, 1.82) is 0 Å². The molecule has 1 aliphatic heterocycles. The van der Waals surface area contributed by atoms with Gasteiger partial charge in [-0.05, 0) is 84.9 Å². The molecule has 148 valence electrons. The molecule has 2 fully saturated rings. The molecule has 0 radical (unpaired) electrons. The summed E-state index contributed by atoms with van der Waals surface area (Å²) >= 11 is 3.68. The molecule has 4 rings (SSSR count). The number of anilines is 1. The molecular formula is C22H26BrN3O2. The first-order valence-electron chi connectivity index (χ1n) is 9.94. The second-order valence-corrected chi connectivity index (χ2v) is 8.53. The Labute approximate surface area is 174 Å². The highest BCUT2D eigenvalue weighted by molar-refractivity contribution is 9.10. The molecule has 1 aromatic carbocycles. The van der Waals surface area contributed by atoms with Crippen LogP contribution in [0.3, 0.4) is 0 Å². The van der Waals surface area contributed by atoms with E-state index in [0.717, 1.165) is 48.1 Å². The minimum Gasteiger partial charge on any atom is -0.497 e. The lowest BCUT2D eigenvalue weighted by Gasteiger charge is -2.31. The molecule has 1 aromatic heterocycles. The molecule has 1 saturated carbocycles. The Morgan fingerprint density at radius 1 is 1.21 bits per heavy atom. The van der Waals surface area contributed by atoms with E-state index in [4.69, 9.17) is 9.72 Å². The Bertz CT molecular complexity index is 851. The Morgan fingerprint density at radius 2 is 1.96 bits per heavy atom. The predicted octanol–water partition coefficient (Wildman–Crippen LogP) is 5.10. The van der Waals surface area contributed by atoms with E-state index in [-0.39, 0.29) is 23.9 Å². The number of carbonyl (C=O) groups excluding carboxylic acids is 1. The van der Waals surface area contributed by atoms with E-state index in [0.29, 0.717) is 5.82 Å². The molecular weight excluding hydrogens is 418 g/mol. The van der Waals surface area contributed by atoms with E-state index in [1.165, 1.54) is 5.56 Å². The molecule has 6 heteroatoms. The number of ether oxygens (including phenoxy) is 1. The van der Waals surface area contributed by atoms with Crippen molar-refractivity contribution in [3.8, 4) is 5.75 Å². The molecule has 0 bridgehead atoms. The third-order valence-corrected chi connectivity index (χ3v) is 6.45. The fourth-order valence-corrected chi connectivity index (χ4v) is 4.44. The minimum atomic E-state index is 0.0932. The Balaban J connectivity index is 1.55. The van der Waals surface area contributed by atoms with Crippen molar-refractivity contribution in [3.63, 3.8) is 0 Å². The lowest BCUT2D eigenvalue weighted by atomic mass is 10.0. The smallest absolute Gasteiger partial charge is 0.228 e. The van der Waals surface area contributed by atoms with Crippen LogP contribution in [0.5, 0.6) is 5.75 Å². The van der Waals surface area contributed by atoms with Gasteiger partial charge in [0.2, 0.25) is 5.91 Å². The number of rotatable bonds is 6. The van der Waals surface area contributed by atoms with Crippen molar-refractivity contribution < 1.29 is 9.53 Å². The molecule has 5 nitrogen and oxygen atoms in total. The van der Waals surface area contributed by atoms with Crippen LogP contribution in [0.4, 0.5) is 5.82 Å². The first-order chi connectivity index (χ1) is 13.6. The summed E-state index contributed by atoms with van der Waals surface area (Å²) in [4.78, 5) is 19.4. The highest BCUT2D eigenvalue weighted by Crippen LogP contribution is 2.41. The molecule has 2 aromatic rings. The van der Waals surface area contributed by atoms with Gasteiger partial charge in [0.05, 0.1) is 18.8 Å². The first-order valence-corrected chi connectivity index (χ1v) is 10.7. The van der Waals surface area contributed by atoms with E-state index in [2.05, 4.69) is 45.2 Å². The molecule has 2 aliphatic rings. The molecule has 2 atom stereocenters. The van der Waals surface area contributed by atoms with Crippen LogP contribution in [0.25, 0.3) is 0 Å². The van der Waals surface area contributed by atoms with Crippen LogP contribution in [0.2, 0.25) is 0 Å². The predicted molar refractivity (Wildman–Crippen MR) is 113 cm³/mol. The second kappa shape index (κ2) is 8.21. The highest BCUT2D eigenvalue weighted by Gasteiger charge is 2.33. The molecule has 28 heavy (non-hydrogen) atoms. The minimum absolute atomic E-state index is 0.0932. The second-order valence-electron chi connectivity index (χ2n) is 7.67. The quantitative estimate of drug-likeness (QED) is 0.674. The van der Waals surface area contributed by atoms with Gasteiger partial charge in [-0.3, -0.25) is 9.69 Å². The van der Waals surface area contributed by atoms with Gasteiger partial charge in [0, 0.05) is 16.4 Å². The average Bonchev–Trinajstić information content (AvgIpc) is 3.46. The standard InChI is InChI=1S/C22H26BrN3O2/c1-14(15-7-9-17(28-2)10-8-15)26-13-3-4-19(26)21-18(23)11-12-20(24-21)25-22(27)16-5-6-16/h7-12,14,16,19H,3-6,13H2,1-2H3,(H,24,25,27)/t14-,19?/m1/s1. The van der Waals surface area contributed by atoms with Crippen LogP contribution < -0.4 is 10.1 Å². The summed E-state index contributed by atoms with van der Waals surface area (Å²) in [6.07, 6.45) is 4.18. The molecule has 1 saturated heterocycles. The Kier molecular flexibility index (Phi) is 5.69. The molecule has 1 unspecified atom stereocenters. The topological polar surface area (TPSA) is 54.5 Å². The number of likely N-dealkylation sites (tertiary alicyclic amines) is 1. The van der Waals surface area contributed by atoms with Gasteiger partial charge in [-0.1, -0.05) is 12.1 Å². The summed E-state index contributed by atoms with van der Waals surface area (Å²) in [6.45, 7) is 3.28. The summed E-state index contributed by atoms with van der Waals surface area (Å²) in [5.74, 6) is 1.79. The van der Waals surface area contributed by atoms with Crippen LogP contribution in [-0.2, 0) is 4.79 Å².